The van der Waals surface area contributed by atoms with E-state index in [9.17, 15) is 22.8 Å². The minimum Gasteiger partial charge on any atom is -0.465 e. The van der Waals surface area contributed by atoms with Crippen LogP contribution in [0.5, 0.6) is 6.01 Å². The zero-order valence-corrected chi connectivity index (χ0v) is 15.5. The molecule has 1 aromatic carbocycles. The van der Waals surface area contributed by atoms with Gasteiger partial charge < -0.3 is 9.47 Å². The second-order valence-electron chi connectivity index (χ2n) is 6.28. The van der Waals surface area contributed by atoms with Gasteiger partial charge in [-0.1, -0.05) is 19.1 Å². The van der Waals surface area contributed by atoms with E-state index in [4.69, 9.17) is 9.47 Å². The highest BCUT2D eigenvalue weighted by molar-refractivity contribution is 5.94. The second-order valence-corrected chi connectivity index (χ2v) is 6.28. The summed E-state index contributed by atoms with van der Waals surface area (Å²) in [6.07, 6.45) is -3.83. The number of carbonyl (C=O) groups is 1. The fraction of sp³-hybridized carbons (Fsp3) is 0.421. The Kier molecular flexibility index (Phi) is 7.33. The quantitative estimate of drug-likeness (QED) is 0.516. The molecule has 28 heavy (non-hydrogen) atoms. The van der Waals surface area contributed by atoms with Crippen molar-refractivity contribution in [3.05, 3.63) is 57.5 Å². The van der Waals surface area contributed by atoms with Crippen LogP contribution in [0, 0.1) is 0 Å². The molecular formula is C19H21F3N2O4. The summed E-state index contributed by atoms with van der Waals surface area (Å²) in [5.74, 6) is -0.748. The molecule has 0 bridgehead atoms. The van der Waals surface area contributed by atoms with Crippen molar-refractivity contribution in [2.75, 3.05) is 20.3 Å². The van der Waals surface area contributed by atoms with E-state index in [1.54, 1.807) is 14.0 Å². The standard InChI is InChI=1S/C19H21F3N2O4/c1-12(13-4-6-14(7-5-13)19(20,21)22)10-16(25)15-11-17(26)24-18(23-15)28-9-3-8-27-2/h4-7,11-12H,3,8-10H2,1-2H3,(H,23,24,26). The molecule has 0 aliphatic carbocycles. The zero-order valence-electron chi connectivity index (χ0n) is 15.5. The van der Waals surface area contributed by atoms with Gasteiger partial charge in [-0.25, -0.2) is 0 Å². The smallest absolute Gasteiger partial charge is 0.416 e. The first-order valence-electron chi connectivity index (χ1n) is 8.64. The van der Waals surface area contributed by atoms with Crippen LogP contribution < -0.4 is 10.3 Å². The Labute approximate surface area is 159 Å². The number of methoxy groups -OCH3 is 1. The van der Waals surface area contributed by atoms with E-state index in [1.165, 1.54) is 12.1 Å². The molecular weight excluding hydrogens is 377 g/mol. The number of ketones is 1. The van der Waals surface area contributed by atoms with Gasteiger partial charge in [-0.3, -0.25) is 14.6 Å². The van der Waals surface area contributed by atoms with Crippen LogP contribution in [-0.4, -0.2) is 36.1 Å². The maximum atomic E-state index is 12.6. The van der Waals surface area contributed by atoms with Crippen LogP contribution in [0.1, 0.15) is 47.3 Å². The normalized spacial score (nSPS) is 12.6. The molecule has 0 amide bonds. The van der Waals surface area contributed by atoms with Crippen molar-refractivity contribution >= 4 is 5.78 Å². The van der Waals surface area contributed by atoms with Crippen molar-refractivity contribution in [1.82, 2.24) is 9.97 Å². The van der Waals surface area contributed by atoms with Gasteiger partial charge in [-0.05, 0) is 23.6 Å². The minimum absolute atomic E-state index is 0.00900. The van der Waals surface area contributed by atoms with E-state index in [1.807, 2.05) is 0 Å². The fourth-order valence-corrected chi connectivity index (χ4v) is 2.52. The van der Waals surface area contributed by atoms with Crippen LogP contribution in [0.2, 0.25) is 0 Å². The average Bonchev–Trinajstić information content (AvgIpc) is 2.64. The number of aromatic nitrogens is 2. The summed E-state index contributed by atoms with van der Waals surface area (Å²) in [6.45, 7) is 2.46. The van der Waals surface area contributed by atoms with Gasteiger partial charge in [0.05, 0.1) is 12.2 Å². The fourth-order valence-electron chi connectivity index (χ4n) is 2.52. The Balaban J connectivity index is 2.05. The number of nitrogens with zero attached hydrogens (tertiary/aromatic N) is 1. The molecule has 6 nitrogen and oxygen atoms in total. The molecule has 0 aliphatic rings. The highest BCUT2D eigenvalue weighted by Gasteiger charge is 2.30. The van der Waals surface area contributed by atoms with Crippen LogP contribution in [0.15, 0.2) is 35.1 Å². The van der Waals surface area contributed by atoms with Crippen LogP contribution in [0.25, 0.3) is 0 Å². The van der Waals surface area contributed by atoms with Gasteiger partial charge in [0.15, 0.2) is 5.78 Å². The van der Waals surface area contributed by atoms with E-state index in [0.29, 0.717) is 18.6 Å². The number of hydrogen-bond acceptors (Lipinski definition) is 5. The summed E-state index contributed by atoms with van der Waals surface area (Å²) in [5.41, 5.74) is -0.741. The molecule has 0 radical (unpaired) electrons. The van der Waals surface area contributed by atoms with Gasteiger partial charge >= 0.3 is 6.18 Å². The SMILES string of the molecule is COCCCOc1nc(C(=O)CC(C)c2ccc(C(F)(F)F)cc2)cc(=O)[nH]1. The number of aromatic amines is 1. The lowest BCUT2D eigenvalue weighted by Gasteiger charge is -2.13. The Morgan fingerprint density at radius 3 is 2.50 bits per heavy atom. The molecule has 9 heteroatoms. The molecule has 1 aromatic heterocycles. The molecule has 152 valence electrons. The third-order valence-corrected chi connectivity index (χ3v) is 4.04. The number of nitrogens with one attached hydrogen (secondary N) is 1. The third kappa shape index (κ3) is 6.19. The van der Waals surface area contributed by atoms with E-state index in [-0.39, 0.29) is 30.7 Å². The minimum atomic E-state index is -4.41. The number of halogens is 3. The van der Waals surface area contributed by atoms with Gasteiger partial charge in [-0.2, -0.15) is 18.2 Å². The van der Waals surface area contributed by atoms with Gasteiger partial charge in [0.1, 0.15) is 5.69 Å². The van der Waals surface area contributed by atoms with Crippen molar-refractivity contribution in [3.63, 3.8) is 0 Å². The number of rotatable bonds is 9. The van der Waals surface area contributed by atoms with E-state index < -0.39 is 23.1 Å². The van der Waals surface area contributed by atoms with Crippen LogP contribution >= 0.6 is 0 Å². The number of hydrogen-bond donors (Lipinski definition) is 1. The molecule has 0 saturated heterocycles. The summed E-state index contributed by atoms with van der Waals surface area (Å²) in [4.78, 5) is 30.6. The van der Waals surface area contributed by atoms with Gasteiger partial charge in [-0.15, -0.1) is 0 Å². The molecule has 0 spiro atoms. The summed E-state index contributed by atoms with van der Waals surface area (Å²) in [7, 11) is 1.55. The predicted octanol–water partition coefficient (Wildman–Crippen LogP) is 3.58. The Bertz CT molecular complexity index is 847. The number of ether oxygens (including phenoxy) is 2. The number of Topliss-reactive ketones (excluding diaryl/α,β-unsaturated/α-hetero) is 1. The first kappa shape index (κ1) is 21.6. The molecule has 0 fully saturated rings. The van der Waals surface area contributed by atoms with Gasteiger partial charge in [0.2, 0.25) is 0 Å². The highest BCUT2D eigenvalue weighted by atomic mass is 19.4. The van der Waals surface area contributed by atoms with Crippen molar-refractivity contribution in [2.24, 2.45) is 0 Å². The molecule has 1 N–H and O–H groups in total. The molecule has 1 atom stereocenters. The Morgan fingerprint density at radius 1 is 1.21 bits per heavy atom. The largest absolute Gasteiger partial charge is 0.465 e. The monoisotopic (exact) mass is 398 g/mol. The second kappa shape index (κ2) is 9.50. The summed E-state index contributed by atoms with van der Waals surface area (Å²) < 4.78 is 48.1. The Hall–Kier alpha value is -2.68. The lowest BCUT2D eigenvalue weighted by Crippen LogP contribution is -2.16. The highest BCUT2D eigenvalue weighted by Crippen LogP contribution is 2.30. The lowest BCUT2D eigenvalue weighted by molar-refractivity contribution is -0.137. The number of H-pyrrole nitrogens is 1. The topological polar surface area (TPSA) is 81.3 Å². The van der Waals surface area contributed by atoms with Crippen LogP contribution in [-0.2, 0) is 10.9 Å². The van der Waals surface area contributed by atoms with Gasteiger partial charge in [0, 0.05) is 32.6 Å². The number of alkyl halides is 3. The number of benzene rings is 1. The summed E-state index contributed by atoms with van der Waals surface area (Å²) >= 11 is 0. The zero-order chi connectivity index (χ0) is 20.7. The van der Waals surface area contributed by atoms with Crippen LogP contribution in [0.4, 0.5) is 13.2 Å². The first-order chi connectivity index (χ1) is 13.2. The molecule has 0 aliphatic heterocycles. The Morgan fingerprint density at radius 2 is 1.89 bits per heavy atom. The molecule has 1 heterocycles. The lowest BCUT2D eigenvalue weighted by atomic mass is 9.94. The maximum Gasteiger partial charge on any atom is 0.416 e. The van der Waals surface area contributed by atoms with Crippen molar-refractivity contribution in [2.45, 2.75) is 31.9 Å². The molecule has 2 aromatic rings. The van der Waals surface area contributed by atoms with Crippen molar-refractivity contribution in [3.8, 4) is 6.01 Å². The van der Waals surface area contributed by atoms with E-state index in [0.717, 1.165) is 18.2 Å². The summed E-state index contributed by atoms with van der Waals surface area (Å²) in [5, 5.41) is 0. The van der Waals surface area contributed by atoms with Crippen molar-refractivity contribution in [1.29, 1.82) is 0 Å². The van der Waals surface area contributed by atoms with Gasteiger partial charge in [0.25, 0.3) is 11.6 Å². The summed E-state index contributed by atoms with van der Waals surface area (Å²) in [6, 6.07) is 5.66. The van der Waals surface area contributed by atoms with E-state index in [2.05, 4.69) is 9.97 Å². The molecule has 1 unspecified atom stereocenters. The van der Waals surface area contributed by atoms with Crippen molar-refractivity contribution < 1.29 is 27.4 Å². The number of carbonyl (C=O) groups excluding carboxylic acids is 1. The molecule has 2 rings (SSSR count). The van der Waals surface area contributed by atoms with E-state index >= 15 is 0 Å². The average molecular weight is 398 g/mol. The molecule has 0 saturated carbocycles. The maximum absolute atomic E-state index is 12.6. The first-order valence-corrected chi connectivity index (χ1v) is 8.64. The van der Waals surface area contributed by atoms with Crippen LogP contribution in [0.3, 0.4) is 0 Å². The predicted molar refractivity (Wildman–Crippen MR) is 95.7 cm³/mol. The third-order valence-electron chi connectivity index (χ3n) is 4.04.